The molecule has 14 heteroatoms. The van der Waals surface area contributed by atoms with Crippen LogP contribution in [0.5, 0.6) is 0 Å². The summed E-state index contributed by atoms with van der Waals surface area (Å²) in [6.45, 7) is 0.627. The van der Waals surface area contributed by atoms with Crippen molar-refractivity contribution in [2.24, 2.45) is 0 Å². The van der Waals surface area contributed by atoms with Crippen LogP contribution in [0.3, 0.4) is 0 Å². The molecule has 2 atom stereocenters. The minimum absolute atomic E-state index is 0.0528. The van der Waals surface area contributed by atoms with Crippen LogP contribution in [-0.4, -0.2) is 50.7 Å². The number of nitrogen functional groups attached to an aromatic ring is 1. The van der Waals surface area contributed by atoms with E-state index in [-0.39, 0.29) is 53.0 Å². The van der Waals surface area contributed by atoms with Crippen molar-refractivity contribution in [1.82, 2.24) is 30.4 Å². The van der Waals surface area contributed by atoms with Crippen LogP contribution >= 0.6 is 0 Å². The van der Waals surface area contributed by atoms with E-state index >= 15 is 4.39 Å². The van der Waals surface area contributed by atoms with Gasteiger partial charge in [0.1, 0.15) is 23.1 Å². The Kier molecular flexibility index (Phi) is 7.76. The van der Waals surface area contributed by atoms with Crippen LogP contribution in [0.4, 0.5) is 29.2 Å². The fourth-order valence-electron chi connectivity index (χ4n) is 5.76. The molecule has 1 aliphatic heterocycles. The van der Waals surface area contributed by atoms with Crippen LogP contribution in [0, 0.1) is 5.82 Å². The molecule has 1 aliphatic carbocycles. The molecule has 5 N–H and O–H groups in total. The normalized spacial score (nSPS) is 19.0. The smallest absolute Gasteiger partial charge is 0.383 e. The van der Waals surface area contributed by atoms with Gasteiger partial charge < -0.3 is 21.7 Å². The predicted molar refractivity (Wildman–Crippen MR) is 156 cm³/mol. The molecule has 0 spiro atoms. The van der Waals surface area contributed by atoms with Crippen LogP contribution in [0.1, 0.15) is 53.2 Å². The van der Waals surface area contributed by atoms with Crippen molar-refractivity contribution >= 4 is 40.4 Å². The molecule has 6 rings (SSSR count). The number of alkyl halides is 3. The molecule has 1 saturated carbocycles. The lowest BCUT2D eigenvalue weighted by molar-refractivity contribution is -0.137. The van der Waals surface area contributed by atoms with Gasteiger partial charge in [-0.05, 0) is 56.0 Å². The Morgan fingerprint density at radius 3 is 2.77 bits per heavy atom. The fourth-order valence-corrected chi connectivity index (χ4v) is 5.76. The van der Waals surface area contributed by atoms with E-state index in [4.69, 9.17) is 10.8 Å². The van der Waals surface area contributed by atoms with Crippen molar-refractivity contribution in [3.63, 3.8) is 0 Å². The summed E-state index contributed by atoms with van der Waals surface area (Å²) in [7, 11) is 0. The Balaban J connectivity index is 1.39. The maximum absolute atomic E-state index is 15.8. The molecule has 4 aromatic rings. The standard InChI is InChI=1S/C30H28F4N8O2/c31-22-11-16(29(44)40-23-12-18(8-10-37-23)30(32,33)34)6-7-21(22)26-25-27-17(14-38-28(25)35)3-2-9-36-15-24(43)39-19-4-1-5-20(13-19)42(27)41-26/h2-3,6-8,10-12,14,19-20,36H,1,4-5,9,13,15H2,(H2,35,38)(H,39,43)(H,37,40,44)/t19-,20-/m1/s1. The van der Waals surface area contributed by atoms with Crippen LogP contribution in [0.2, 0.25) is 0 Å². The molecule has 2 bridgehead atoms. The second-order valence-corrected chi connectivity index (χ2v) is 10.8. The number of carbonyl (C=O) groups excluding carboxylic acids is 2. The molecule has 44 heavy (non-hydrogen) atoms. The molecule has 4 heterocycles. The van der Waals surface area contributed by atoms with Gasteiger partial charge in [0.15, 0.2) is 0 Å². The zero-order chi connectivity index (χ0) is 31.0. The third-order valence-electron chi connectivity index (χ3n) is 7.80. The van der Waals surface area contributed by atoms with Crippen LogP contribution < -0.4 is 21.7 Å². The predicted octanol–water partition coefficient (Wildman–Crippen LogP) is 4.70. The molecule has 3 aromatic heterocycles. The van der Waals surface area contributed by atoms with Crippen LogP contribution in [0.25, 0.3) is 28.2 Å². The maximum Gasteiger partial charge on any atom is 0.416 e. The van der Waals surface area contributed by atoms with Gasteiger partial charge in [-0.15, -0.1) is 0 Å². The third-order valence-corrected chi connectivity index (χ3v) is 7.80. The lowest BCUT2D eigenvalue weighted by Crippen LogP contribution is -2.43. The zero-order valence-electron chi connectivity index (χ0n) is 23.3. The molecule has 1 aromatic carbocycles. The summed E-state index contributed by atoms with van der Waals surface area (Å²) in [5.74, 6) is -1.88. The Labute approximate surface area is 248 Å². The van der Waals surface area contributed by atoms with Crippen LogP contribution in [0.15, 0.2) is 48.8 Å². The second-order valence-electron chi connectivity index (χ2n) is 10.8. The Morgan fingerprint density at radius 2 is 1.98 bits per heavy atom. The van der Waals surface area contributed by atoms with Gasteiger partial charge in [-0.25, -0.2) is 14.4 Å². The first-order chi connectivity index (χ1) is 21.1. The first kappa shape index (κ1) is 29.2. The maximum atomic E-state index is 15.8. The number of aromatic nitrogens is 4. The number of fused-ring (bicyclic) bond motifs is 3. The average Bonchev–Trinajstić information content (AvgIpc) is 3.39. The van der Waals surface area contributed by atoms with E-state index in [1.54, 1.807) is 6.20 Å². The highest BCUT2D eigenvalue weighted by Crippen LogP contribution is 2.39. The van der Waals surface area contributed by atoms with Gasteiger partial charge in [0.25, 0.3) is 5.91 Å². The minimum atomic E-state index is -4.62. The lowest BCUT2D eigenvalue weighted by atomic mass is 9.90. The first-order valence-electron chi connectivity index (χ1n) is 14.1. The number of nitrogens with zero attached hydrogens (tertiary/aromatic N) is 4. The number of benzene rings is 1. The van der Waals surface area contributed by atoms with Crippen molar-refractivity contribution in [3.8, 4) is 11.3 Å². The number of nitrogens with one attached hydrogen (secondary N) is 3. The topological polar surface area (TPSA) is 140 Å². The highest BCUT2D eigenvalue weighted by Gasteiger charge is 2.32. The summed E-state index contributed by atoms with van der Waals surface area (Å²) >= 11 is 0. The number of rotatable bonds is 3. The largest absolute Gasteiger partial charge is 0.416 e. The van der Waals surface area contributed by atoms with E-state index in [1.807, 2.05) is 16.8 Å². The first-order valence-corrected chi connectivity index (χ1v) is 14.1. The number of hydrogen-bond donors (Lipinski definition) is 4. The van der Waals surface area contributed by atoms with Crippen LogP contribution in [-0.2, 0) is 11.0 Å². The molecular formula is C30H28F4N8O2. The molecule has 0 radical (unpaired) electrons. The molecule has 0 saturated heterocycles. The van der Waals surface area contributed by atoms with Crippen molar-refractivity contribution in [1.29, 1.82) is 0 Å². The van der Waals surface area contributed by atoms with Gasteiger partial charge in [0, 0.05) is 41.7 Å². The van der Waals surface area contributed by atoms with Gasteiger partial charge in [-0.2, -0.15) is 18.3 Å². The van der Waals surface area contributed by atoms with Gasteiger partial charge in [0.2, 0.25) is 5.91 Å². The van der Waals surface area contributed by atoms with E-state index in [1.165, 1.54) is 12.1 Å². The van der Waals surface area contributed by atoms with Crippen molar-refractivity contribution < 1.29 is 27.2 Å². The molecule has 228 valence electrons. The number of nitrogens with two attached hydrogens (primary N) is 1. The fraction of sp³-hybridized carbons (Fsp3) is 0.300. The summed E-state index contributed by atoms with van der Waals surface area (Å²) in [6, 6.07) is 5.03. The summed E-state index contributed by atoms with van der Waals surface area (Å²) < 4.78 is 56.8. The Hall–Kier alpha value is -4.85. The van der Waals surface area contributed by atoms with Gasteiger partial charge in [0.05, 0.1) is 29.1 Å². The lowest BCUT2D eigenvalue weighted by Gasteiger charge is -2.30. The monoisotopic (exact) mass is 608 g/mol. The van der Waals surface area contributed by atoms with Crippen molar-refractivity contribution in [2.75, 3.05) is 24.1 Å². The molecule has 2 aliphatic rings. The Morgan fingerprint density at radius 1 is 1.14 bits per heavy atom. The number of halogens is 4. The van der Waals surface area contributed by atoms with E-state index in [0.717, 1.165) is 43.2 Å². The number of amides is 2. The number of pyridine rings is 2. The zero-order valence-corrected chi connectivity index (χ0v) is 23.3. The summed E-state index contributed by atoms with van der Waals surface area (Å²) in [5.41, 5.74) is 6.97. The second kappa shape index (κ2) is 11.7. The Bertz CT molecular complexity index is 1780. The number of carbonyl (C=O) groups is 2. The van der Waals surface area contributed by atoms with E-state index < -0.39 is 23.5 Å². The van der Waals surface area contributed by atoms with Crippen molar-refractivity contribution in [3.05, 3.63) is 71.3 Å². The quantitative estimate of drug-likeness (QED) is 0.247. The minimum Gasteiger partial charge on any atom is -0.383 e. The molecule has 2 amide bonds. The van der Waals surface area contributed by atoms with E-state index in [9.17, 15) is 22.8 Å². The van der Waals surface area contributed by atoms with Gasteiger partial charge in [-0.3, -0.25) is 14.3 Å². The van der Waals surface area contributed by atoms with E-state index in [2.05, 4.69) is 25.9 Å². The third kappa shape index (κ3) is 5.84. The summed E-state index contributed by atoms with van der Waals surface area (Å²) in [6.07, 6.45) is 4.74. The highest BCUT2D eigenvalue weighted by atomic mass is 19.4. The number of hydrogen-bond acceptors (Lipinski definition) is 7. The summed E-state index contributed by atoms with van der Waals surface area (Å²) in [5, 5.41) is 13.8. The molecular weight excluding hydrogens is 580 g/mol. The average molecular weight is 609 g/mol. The molecule has 10 nitrogen and oxygen atoms in total. The van der Waals surface area contributed by atoms with Gasteiger partial charge >= 0.3 is 6.18 Å². The number of anilines is 2. The molecule has 1 fully saturated rings. The summed E-state index contributed by atoms with van der Waals surface area (Å²) in [4.78, 5) is 33.4. The van der Waals surface area contributed by atoms with Crippen molar-refractivity contribution in [2.45, 2.75) is 43.9 Å². The van der Waals surface area contributed by atoms with Gasteiger partial charge in [-0.1, -0.05) is 12.2 Å². The van der Waals surface area contributed by atoms with E-state index in [0.29, 0.717) is 29.9 Å². The highest BCUT2D eigenvalue weighted by molar-refractivity contribution is 6.06. The SMILES string of the molecule is Nc1ncc2c3c1c(-c1ccc(C(=O)Nc4cc(C(F)(F)F)ccn4)cc1F)nn3[C@@H]1CCC[C@H](C1)NC(=O)CNCC=C2. The molecule has 0 unspecified atom stereocenters.